The van der Waals surface area contributed by atoms with Crippen LogP contribution in [0.4, 0.5) is 0 Å². The van der Waals surface area contributed by atoms with Gasteiger partial charge in [0.15, 0.2) is 0 Å². The molecule has 0 radical (unpaired) electrons. The van der Waals surface area contributed by atoms with Crippen molar-refractivity contribution in [2.24, 2.45) is 5.92 Å². The van der Waals surface area contributed by atoms with Gasteiger partial charge >= 0.3 is 0 Å². The fraction of sp³-hybridized carbons (Fsp3) is 0.667. The number of hydrogen-bond acceptors (Lipinski definition) is 3. The molecule has 1 N–H and O–H groups in total. The second-order valence-corrected chi connectivity index (χ2v) is 5.44. The number of nitrogens with zero attached hydrogens (tertiary/aromatic N) is 1. The Bertz CT molecular complexity index is 355. The maximum absolute atomic E-state index is 5.94. The van der Waals surface area contributed by atoms with Gasteiger partial charge in [-0.25, -0.2) is 4.98 Å². The molecule has 1 heterocycles. The fourth-order valence-electron chi connectivity index (χ4n) is 2.40. The van der Waals surface area contributed by atoms with Gasteiger partial charge in [0.25, 0.3) is 0 Å². The van der Waals surface area contributed by atoms with Crippen molar-refractivity contribution in [3.05, 3.63) is 23.9 Å². The van der Waals surface area contributed by atoms with Crippen LogP contribution in [0.2, 0.25) is 0 Å². The van der Waals surface area contributed by atoms with E-state index in [9.17, 15) is 0 Å². The summed E-state index contributed by atoms with van der Waals surface area (Å²) in [7, 11) is 1.96. The number of ether oxygens (including phenoxy) is 1. The van der Waals surface area contributed by atoms with Crippen LogP contribution < -0.4 is 10.1 Å². The van der Waals surface area contributed by atoms with E-state index in [1.54, 1.807) is 0 Å². The van der Waals surface area contributed by atoms with E-state index in [4.69, 9.17) is 4.74 Å². The first kappa shape index (κ1) is 13.3. The van der Waals surface area contributed by atoms with Crippen molar-refractivity contribution in [2.75, 3.05) is 7.05 Å². The van der Waals surface area contributed by atoms with Gasteiger partial charge in [0, 0.05) is 18.3 Å². The Balaban J connectivity index is 1.90. The van der Waals surface area contributed by atoms with Crippen LogP contribution >= 0.6 is 0 Å². The summed E-state index contributed by atoms with van der Waals surface area (Å²) in [5.74, 6) is 1.62. The van der Waals surface area contributed by atoms with Gasteiger partial charge < -0.3 is 10.1 Å². The van der Waals surface area contributed by atoms with Crippen molar-refractivity contribution >= 4 is 0 Å². The molecule has 0 saturated heterocycles. The molecule has 3 nitrogen and oxygen atoms in total. The molecule has 2 rings (SSSR count). The summed E-state index contributed by atoms with van der Waals surface area (Å²) in [6, 6.07) is 4.41. The van der Waals surface area contributed by atoms with Crippen molar-refractivity contribution in [1.82, 2.24) is 10.3 Å². The molecule has 1 aliphatic carbocycles. The lowest BCUT2D eigenvalue weighted by molar-refractivity contribution is 0.130. The summed E-state index contributed by atoms with van der Waals surface area (Å²) < 4.78 is 5.94. The molecule has 1 saturated carbocycles. The largest absolute Gasteiger partial charge is 0.474 e. The summed E-state index contributed by atoms with van der Waals surface area (Å²) >= 11 is 0. The van der Waals surface area contributed by atoms with Crippen LogP contribution in [0.25, 0.3) is 0 Å². The smallest absolute Gasteiger partial charge is 0.213 e. The number of hydrogen-bond donors (Lipinski definition) is 1. The van der Waals surface area contributed by atoms with Crippen molar-refractivity contribution in [1.29, 1.82) is 0 Å². The number of pyridine rings is 1. The molecule has 1 unspecified atom stereocenters. The average Bonchev–Trinajstić information content (AvgIpc) is 2.41. The molecule has 1 fully saturated rings. The highest BCUT2D eigenvalue weighted by atomic mass is 16.5. The highest BCUT2D eigenvalue weighted by Crippen LogP contribution is 2.26. The Morgan fingerprint density at radius 1 is 1.28 bits per heavy atom. The lowest BCUT2D eigenvalue weighted by Gasteiger charge is -2.26. The van der Waals surface area contributed by atoms with Gasteiger partial charge in [-0.15, -0.1) is 0 Å². The normalized spacial score (nSPS) is 25.7. The van der Waals surface area contributed by atoms with Crippen LogP contribution in [0.5, 0.6) is 5.88 Å². The third-order valence-electron chi connectivity index (χ3n) is 3.94. The summed E-state index contributed by atoms with van der Waals surface area (Å²) in [5.41, 5.74) is 1.20. The Hall–Kier alpha value is -1.09. The third kappa shape index (κ3) is 3.45. The fourth-order valence-corrected chi connectivity index (χ4v) is 2.40. The zero-order valence-corrected chi connectivity index (χ0v) is 11.6. The number of rotatable bonds is 4. The minimum atomic E-state index is 0.335. The van der Waals surface area contributed by atoms with Crippen LogP contribution in [-0.2, 0) is 0 Å². The number of aromatic nitrogens is 1. The van der Waals surface area contributed by atoms with Gasteiger partial charge in [-0.05, 0) is 51.1 Å². The Morgan fingerprint density at radius 3 is 2.56 bits per heavy atom. The monoisotopic (exact) mass is 248 g/mol. The van der Waals surface area contributed by atoms with Gasteiger partial charge in [0.05, 0.1) is 0 Å². The van der Waals surface area contributed by atoms with Crippen LogP contribution in [0.15, 0.2) is 18.3 Å². The van der Waals surface area contributed by atoms with Gasteiger partial charge in [-0.3, -0.25) is 0 Å². The predicted octanol–water partition coefficient (Wildman–Crippen LogP) is 3.32. The van der Waals surface area contributed by atoms with Crippen LogP contribution in [-0.4, -0.2) is 18.1 Å². The number of nitrogens with one attached hydrogen (secondary N) is 1. The summed E-state index contributed by atoms with van der Waals surface area (Å²) in [6.45, 7) is 4.45. The Labute approximate surface area is 110 Å². The molecule has 0 spiro atoms. The van der Waals surface area contributed by atoms with E-state index in [0.29, 0.717) is 12.1 Å². The summed E-state index contributed by atoms with van der Waals surface area (Å²) in [5, 5.41) is 3.21. The molecule has 18 heavy (non-hydrogen) atoms. The quantitative estimate of drug-likeness (QED) is 0.887. The van der Waals surface area contributed by atoms with E-state index >= 15 is 0 Å². The van der Waals surface area contributed by atoms with Gasteiger partial charge in [0.1, 0.15) is 6.10 Å². The standard InChI is InChI=1S/C15H24N2O/c1-11-4-7-14(8-5-11)18-15-9-6-13(10-17-15)12(2)16-3/h6,9-12,14,16H,4-5,7-8H2,1-3H3. The molecule has 0 amide bonds. The summed E-state index contributed by atoms with van der Waals surface area (Å²) in [4.78, 5) is 4.40. The zero-order valence-electron chi connectivity index (χ0n) is 11.6. The van der Waals surface area contributed by atoms with E-state index < -0.39 is 0 Å². The second-order valence-electron chi connectivity index (χ2n) is 5.44. The Kier molecular flexibility index (Phi) is 4.59. The molecular weight excluding hydrogens is 224 g/mol. The topological polar surface area (TPSA) is 34.1 Å². The average molecular weight is 248 g/mol. The maximum Gasteiger partial charge on any atom is 0.213 e. The molecule has 1 aromatic rings. The molecular formula is C15H24N2O. The van der Waals surface area contributed by atoms with Gasteiger partial charge in [0.2, 0.25) is 5.88 Å². The molecule has 1 aromatic heterocycles. The van der Waals surface area contributed by atoms with E-state index in [0.717, 1.165) is 24.6 Å². The van der Waals surface area contributed by atoms with E-state index in [1.807, 2.05) is 19.3 Å². The van der Waals surface area contributed by atoms with Crippen LogP contribution in [0.1, 0.15) is 51.1 Å². The van der Waals surface area contributed by atoms with Gasteiger partial charge in [-0.1, -0.05) is 13.0 Å². The molecule has 100 valence electrons. The molecule has 0 aliphatic heterocycles. The van der Waals surface area contributed by atoms with Crippen LogP contribution in [0.3, 0.4) is 0 Å². The van der Waals surface area contributed by atoms with Crippen molar-refractivity contribution < 1.29 is 4.74 Å². The van der Waals surface area contributed by atoms with E-state index in [2.05, 4.69) is 30.2 Å². The second kappa shape index (κ2) is 6.19. The minimum absolute atomic E-state index is 0.335. The van der Waals surface area contributed by atoms with Crippen molar-refractivity contribution in [2.45, 2.75) is 51.7 Å². The van der Waals surface area contributed by atoms with E-state index in [1.165, 1.54) is 18.4 Å². The molecule has 0 bridgehead atoms. The SMILES string of the molecule is CNC(C)c1ccc(OC2CCC(C)CC2)nc1. The highest BCUT2D eigenvalue weighted by molar-refractivity contribution is 5.20. The van der Waals surface area contributed by atoms with E-state index in [-0.39, 0.29) is 0 Å². The van der Waals surface area contributed by atoms with Crippen molar-refractivity contribution in [3.63, 3.8) is 0 Å². The van der Waals surface area contributed by atoms with Crippen molar-refractivity contribution in [3.8, 4) is 5.88 Å². The Morgan fingerprint density at radius 2 is 2.00 bits per heavy atom. The minimum Gasteiger partial charge on any atom is -0.474 e. The predicted molar refractivity (Wildman–Crippen MR) is 73.8 cm³/mol. The first-order chi connectivity index (χ1) is 8.69. The van der Waals surface area contributed by atoms with Crippen LogP contribution in [0, 0.1) is 5.92 Å². The lowest BCUT2D eigenvalue weighted by atomic mass is 9.89. The molecule has 1 aliphatic rings. The third-order valence-corrected chi connectivity index (χ3v) is 3.94. The highest BCUT2D eigenvalue weighted by Gasteiger charge is 2.19. The zero-order chi connectivity index (χ0) is 13.0. The first-order valence-corrected chi connectivity index (χ1v) is 6.99. The molecule has 3 heteroatoms. The summed E-state index contributed by atoms with van der Waals surface area (Å²) in [6.07, 6.45) is 7.15. The maximum atomic E-state index is 5.94. The molecule has 1 atom stereocenters. The van der Waals surface area contributed by atoms with Gasteiger partial charge in [-0.2, -0.15) is 0 Å². The lowest BCUT2D eigenvalue weighted by Crippen LogP contribution is -2.23. The first-order valence-electron chi connectivity index (χ1n) is 6.99. The molecule has 0 aromatic carbocycles.